The number of hydrogen-bond acceptors (Lipinski definition) is 4. The molecule has 0 spiro atoms. The van der Waals surface area contributed by atoms with Gasteiger partial charge < -0.3 is 15.0 Å². The summed E-state index contributed by atoms with van der Waals surface area (Å²) in [6.07, 6.45) is 4.22. The Hall–Kier alpha value is -1.56. The number of pyridine rings is 2. The van der Waals surface area contributed by atoms with Crippen molar-refractivity contribution in [2.24, 2.45) is 5.92 Å². The van der Waals surface area contributed by atoms with Crippen molar-refractivity contribution in [2.75, 3.05) is 13.1 Å². The Morgan fingerprint density at radius 2 is 1.96 bits per heavy atom. The summed E-state index contributed by atoms with van der Waals surface area (Å²) in [5.41, 5.74) is 2.76. The molecule has 0 saturated carbocycles. The molecule has 2 aliphatic heterocycles. The summed E-state index contributed by atoms with van der Waals surface area (Å²) in [5.74, 6) is 1.07. The van der Waals surface area contributed by atoms with Gasteiger partial charge in [-0.25, -0.2) is 0 Å². The first-order chi connectivity index (χ1) is 10.2. The second kappa shape index (κ2) is 6.91. The van der Waals surface area contributed by atoms with Crippen molar-refractivity contribution in [3.8, 4) is 16.9 Å². The zero-order valence-corrected chi connectivity index (χ0v) is 14.1. The van der Waals surface area contributed by atoms with Crippen LogP contribution in [-0.4, -0.2) is 27.7 Å². The van der Waals surface area contributed by atoms with Crippen molar-refractivity contribution in [3.05, 3.63) is 46.6 Å². The van der Waals surface area contributed by atoms with Crippen LogP contribution in [0.4, 0.5) is 0 Å². The highest BCUT2D eigenvalue weighted by Crippen LogP contribution is 2.33. The van der Waals surface area contributed by atoms with Crippen LogP contribution in [0.1, 0.15) is 18.0 Å². The highest BCUT2D eigenvalue weighted by Gasteiger charge is 2.31. The summed E-state index contributed by atoms with van der Waals surface area (Å²) >= 11 is 0. The van der Waals surface area contributed by atoms with E-state index in [-0.39, 0.29) is 36.1 Å². The van der Waals surface area contributed by atoms with Gasteiger partial charge in [-0.2, -0.15) is 0 Å². The molecule has 0 radical (unpaired) electrons. The second-order valence-electron chi connectivity index (χ2n) is 6.01. The molecule has 0 amide bonds. The minimum absolute atomic E-state index is 0. The Balaban J connectivity index is 0.000000960. The number of nitrogens with zero attached hydrogens (tertiary/aromatic N) is 2. The molecular weight excluding hydrogens is 337 g/mol. The van der Waals surface area contributed by atoms with Crippen LogP contribution in [0, 0.1) is 5.92 Å². The maximum atomic E-state index is 12.4. The van der Waals surface area contributed by atoms with Crippen LogP contribution < -0.4 is 10.9 Å². The van der Waals surface area contributed by atoms with Crippen LogP contribution >= 0.6 is 24.8 Å². The molecule has 5 nitrogen and oxygen atoms in total. The molecule has 7 heteroatoms. The van der Waals surface area contributed by atoms with Crippen LogP contribution in [0.3, 0.4) is 0 Å². The van der Waals surface area contributed by atoms with Gasteiger partial charge in [-0.3, -0.25) is 9.78 Å². The number of rotatable bonds is 1. The number of nitrogens with one attached hydrogen (secondary N) is 1. The molecule has 2 aromatic heterocycles. The summed E-state index contributed by atoms with van der Waals surface area (Å²) in [7, 11) is 0. The van der Waals surface area contributed by atoms with Gasteiger partial charge in [0.05, 0.1) is 6.20 Å². The Labute approximate surface area is 146 Å². The van der Waals surface area contributed by atoms with E-state index < -0.39 is 0 Å². The molecule has 23 heavy (non-hydrogen) atoms. The van der Waals surface area contributed by atoms with Crippen molar-refractivity contribution >= 4 is 24.8 Å². The third-order valence-corrected chi connectivity index (χ3v) is 4.52. The van der Waals surface area contributed by atoms with Gasteiger partial charge in [-0.05, 0) is 36.6 Å². The fourth-order valence-electron chi connectivity index (χ4n) is 3.56. The van der Waals surface area contributed by atoms with Gasteiger partial charge in [0.25, 0.3) is 5.56 Å². The van der Waals surface area contributed by atoms with Crippen molar-refractivity contribution in [1.29, 1.82) is 0 Å². The molecule has 1 saturated heterocycles. The molecule has 2 aromatic rings. The molecule has 0 aliphatic carbocycles. The van der Waals surface area contributed by atoms with Gasteiger partial charge in [0.15, 0.2) is 0 Å². The first-order valence-corrected chi connectivity index (χ1v) is 7.30. The van der Waals surface area contributed by atoms with Crippen LogP contribution in [0.5, 0.6) is 5.75 Å². The van der Waals surface area contributed by atoms with Gasteiger partial charge in [-0.1, -0.05) is 0 Å². The molecule has 4 heterocycles. The topological polar surface area (TPSA) is 67.1 Å². The summed E-state index contributed by atoms with van der Waals surface area (Å²) in [6, 6.07) is 5.36. The van der Waals surface area contributed by atoms with Gasteiger partial charge in [-0.15, -0.1) is 24.8 Å². The van der Waals surface area contributed by atoms with Crippen molar-refractivity contribution in [2.45, 2.75) is 18.9 Å². The number of halogens is 2. The number of fused-ring (bicyclic) bond motifs is 4. The number of aromatic nitrogens is 2. The summed E-state index contributed by atoms with van der Waals surface area (Å²) in [6.45, 7) is 2.73. The zero-order valence-electron chi connectivity index (χ0n) is 12.4. The molecule has 2 atom stereocenters. The lowest BCUT2D eigenvalue weighted by Gasteiger charge is -2.37. The van der Waals surface area contributed by atoms with Gasteiger partial charge in [0, 0.05) is 42.5 Å². The fraction of sp³-hybridized carbons (Fsp3) is 0.375. The predicted octanol–water partition coefficient (Wildman–Crippen LogP) is 2.17. The van der Waals surface area contributed by atoms with E-state index in [1.54, 1.807) is 18.3 Å². The zero-order chi connectivity index (χ0) is 14.4. The van der Waals surface area contributed by atoms with E-state index in [4.69, 9.17) is 0 Å². The third kappa shape index (κ3) is 3.22. The molecular formula is C16H19Cl2N3O2. The van der Waals surface area contributed by atoms with E-state index in [0.717, 1.165) is 42.9 Å². The Morgan fingerprint density at radius 3 is 2.74 bits per heavy atom. The molecule has 2 N–H and O–H groups in total. The number of hydrogen-bond donors (Lipinski definition) is 2. The summed E-state index contributed by atoms with van der Waals surface area (Å²) < 4.78 is 1.92. The SMILES string of the molecule is Cl.Cl.O=c1cc(-c2cncc(O)c2)cc2n1C[C@@H]1CNC[C@H]2C1. The number of piperidine rings is 1. The normalized spacial score (nSPS) is 21.6. The Bertz CT molecular complexity index is 763. The standard InChI is InChI=1S/C16H17N3O2.2ClH/c20-14-2-12(6-18-8-14)11-3-15-13-1-10(5-17-7-13)9-19(15)16(21)4-11;;/h2-4,6,8,10,13,17,20H,1,5,7,9H2;2*1H/t10-,13+;;/m0../s1. The summed E-state index contributed by atoms with van der Waals surface area (Å²) in [4.78, 5) is 16.4. The predicted molar refractivity (Wildman–Crippen MR) is 93.8 cm³/mol. The fourth-order valence-corrected chi connectivity index (χ4v) is 3.56. The maximum absolute atomic E-state index is 12.4. The van der Waals surface area contributed by atoms with Gasteiger partial charge in [0.2, 0.25) is 0 Å². The van der Waals surface area contributed by atoms with Crippen molar-refractivity contribution < 1.29 is 5.11 Å². The second-order valence-corrected chi connectivity index (χ2v) is 6.01. The average Bonchev–Trinajstić information content (AvgIpc) is 2.48. The van der Waals surface area contributed by atoms with E-state index in [1.807, 2.05) is 4.57 Å². The highest BCUT2D eigenvalue weighted by molar-refractivity contribution is 5.85. The van der Waals surface area contributed by atoms with Crippen LogP contribution in [0.2, 0.25) is 0 Å². The van der Waals surface area contributed by atoms with E-state index in [0.29, 0.717) is 11.8 Å². The van der Waals surface area contributed by atoms with E-state index in [1.165, 1.54) is 6.20 Å². The first kappa shape index (κ1) is 17.8. The Kier molecular flexibility index (Phi) is 5.34. The molecule has 0 aromatic carbocycles. The van der Waals surface area contributed by atoms with Crippen molar-refractivity contribution in [3.63, 3.8) is 0 Å². The Morgan fingerprint density at radius 1 is 1.13 bits per heavy atom. The smallest absolute Gasteiger partial charge is 0.251 e. The van der Waals surface area contributed by atoms with Gasteiger partial charge in [0.1, 0.15) is 5.75 Å². The van der Waals surface area contributed by atoms with E-state index in [9.17, 15) is 9.90 Å². The highest BCUT2D eigenvalue weighted by atomic mass is 35.5. The third-order valence-electron chi connectivity index (χ3n) is 4.52. The quantitative estimate of drug-likeness (QED) is 0.822. The first-order valence-electron chi connectivity index (χ1n) is 7.30. The maximum Gasteiger partial charge on any atom is 0.251 e. The van der Waals surface area contributed by atoms with Crippen LogP contribution in [0.25, 0.3) is 11.1 Å². The number of aromatic hydroxyl groups is 1. The minimum atomic E-state index is 0. The average molecular weight is 356 g/mol. The lowest BCUT2D eigenvalue weighted by molar-refractivity contribution is 0.257. The lowest BCUT2D eigenvalue weighted by atomic mass is 9.83. The lowest BCUT2D eigenvalue weighted by Crippen LogP contribution is -2.44. The molecule has 2 bridgehead atoms. The van der Waals surface area contributed by atoms with E-state index >= 15 is 0 Å². The largest absolute Gasteiger partial charge is 0.506 e. The molecule has 124 valence electrons. The molecule has 1 fully saturated rings. The van der Waals surface area contributed by atoms with Gasteiger partial charge >= 0.3 is 0 Å². The van der Waals surface area contributed by atoms with E-state index in [2.05, 4.69) is 16.4 Å². The molecule has 0 unspecified atom stereocenters. The monoisotopic (exact) mass is 355 g/mol. The van der Waals surface area contributed by atoms with Crippen LogP contribution in [0.15, 0.2) is 35.4 Å². The molecule has 4 rings (SSSR count). The van der Waals surface area contributed by atoms with Crippen molar-refractivity contribution in [1.82, 2.24) is 14.9 Å². The summed E-state index contributed by atoms with van der Waals surface area (Å²) in [5, 5.41) is 13.0. The minimum Gasteiger partial charge on any atom is -0.506 e. The molecule has 2 aliphatic rings. The van der Waals surface area contributed by atoms with Crippen LogP contribution in [-0.2, 0) is 6.54 Å².